The van der Waals surface area contributed by atoms with Crippen LogP contribution in [0.4, 0.5) is 0 Å². The van der Waals surface area contributed by atoms with Gasteiger partial charge < -0.3 is 23.4 Å². The van der Waals surface area contributed by atoms with Crippen LogP contribution in [0.25, 0.3) is 11.0 Å². The molecule has 1 aliphatic heterocycles. The van der Waals surface area contributed by atoms with Gasteiger partial charge in [0.15, 0.2) is 17.1 Å². The number of ether oxygens (including phenoxy) is 4. The predicted octanol–water partition coefficient (Wildman–Crippen LogP) is 4.37. The zero-order valence-electron chi connectivity index (χ0n) is 19.3. The van der Waals surface area contributed by atoms with Crippen molar-refractivity contribution >= 4 is 16.8 Å². The maximum Gasteiger partial charge on any atom is 0.205 e. The first-order valence-electron chi connectivity index (χ1n) is 11.4. The van der Waals surface area contributed by atoms with Crippen molar-refractivity contribution in [3.05, 3.63) is 53.8 Å². The van der Waals surface area contributed by atoms with Gasteiger partial charge in [0.05, 0.1) is 38.6 Å². The van der Waals surface area contributed by atoms with Gasteiger partial charge >= 0.3 is 0 Å². The lowest BCUT2D eigenvalue weighted by molar-refractivity contribution is 0.0320. The first kappa shape index (κ1) is 23.1. The monoisotopic (exact) mass is 453 g/mol. The fourth-order valence-corrected chi connectivity index (χ4v) is 4.12. The van der Waals surface area contributed by atoms with E-state index in [1.54, 1.807) is 19.4 Å². The van der Waals surface area contributed by atoms with Crippen LogP contribution in [0.2, 0.25) is 0 Å². The van der Waals surface area contributed by atoms with E-state index in [2.05, 4.69) is 17.0 Å². The lowest BCUT2D eigenvalue weighted by Gasteiger charge is -2.27. The smallest absolute Gasteiger partial charge is 0.205 e. The summed E-state index contributed by atoms with van der Waals surface area (Å²) in [6.45, 7) is 6.30. The summed E-state index contributed by atoms with van der Waals surface area (Å²) in [7, 11) is 1.55. The maximum atomic E-state index is 12.7. The Morgan fingerprint density at radius 2 is 1.76 bits per heavy atom. The molecule has 0 amide bonds. The fraction of sp³-hybridized carbons (Fsp3) is 0.423. The van der Waals surface area contributed by atoms with Gasteiger partial charge in [0, 0.05) is 19.6 Å². The minimum absolute atomic E-state index is 0.148. The molecule has 1 aromatic heterocycles. The average Bonchev–Trinajstić information content (AvgIpc) is 3.33. The van der Waals surface area contributed by atoms with Gasteiger partial charge in [-0.2, -0.15) is 0 Å². The summed E-state index contributed by atoms with van der Waals surface area (Å²) in [6.07, 6.45) is 3.29. The third-order valence-electron chi connectivity index (χ3n) is 5.79. The Bertz CT molecular complexity index is 1060. The van der Waals surface area contributed by atoms with Crippen LogP contribution < -0.4 is 14.2 Å². The molecular formula is C26H31NO6. The van der Waals surface area contributed by atoms with Crippen molar-refractivity contribution in [3.63, 3.8) is 0 Å². The Morgan fingerprint density at radius 3 is 2.48 bits per heavy atom. The van der Waals surface area contributed by atoms with Gasteiger partial charge in [0.25, 0.3) is 0 Å². The molecule has 0 aliphatic carbocycles. The first-order valence-corrected chi connectivity index (χ1v) is 11.4. The van der Waals surface area contributed by atoms with Crippen molar-refractivity contribution in [1.82, 2.24) is 4.90 Å². The van der Waals surface area contributed by atoms with E-state index in [0.29, 0.717) is 47.0 Å². The van der Waals surface area contributed by atoms with Crippen LogP contribution in [-0.2, 0) is 11.2 Å². The van der Waals surface area contributed by atoms with Gasteiger partial charge in [-0.05, 0) is 31.4 Å². The van der Waals surface area contributed by atoms with Crippen LogP contribution in [0.1, 0.15) is 29.3 Å². The number of carbonyl (C=O) groups excluding carboxylic acids is 1. The number of hydrogen-bond acceptors (Lipinski definition) is 7. The third-order valence-corrected chi connectivity index (χ3v) is 5.79. The number of nitrogens with zero attached hydrogens (tertiary/aromatic N) is 1. The number of benzene rings is 2. The number of aryl methyl sites for hydroxylation is 1. The number of methoxy groups -OCH3 is 1. The summed E-state index contributed by atoms with van der Waals surface area (Å²) in [5.74, 6) is 1.14. The van der Waals surface area contributed by atoms with E-state index >= 15 is 0 Å². The van der Waals surface area contributed by atoms with E-state index in [1.807, 2.05) is 18.2 Å². The molecule has 1 saturated heterocycles. The number of morpholine rings is 1. The molecule has 7 nitrogen and oxygen atoms in total. The van der Waals surface area contributed by atoms with Crippen LogP contribution in [0, 0.1) is 0 Å². The van der Waals surface area contributed by atoms with Gasteiger partial charge in [-0.1, -0.05) is 30.3 Å². The van der Waals surface area contributed by atoms with Gasteiger partial charge in [-0.25, -0.2) is 0 Å². The molecule has 7 heteroatoms. The quantitative estimate of drug-likeness (QED) is 0.315. The molecule has 1 aliphatic rings. The standard InChI is InChI=1S/C26H31NO6/c1-19(28)22-23(29-2)21-10-15-32-24(21)26(31-14-6-9-20-7-4-3-5-8-20)25(22)33-18-13-27-11-16-30-17-12-27/h3-5,7-8,10,15H,6,9,11-14,16-18H2,1-2H3. The first-order chi connectivity index (χ1) is 16.2. The Morgan fingerprint density at radius 1 is 1.00 bits per heavy atom. The van der Waals surface area contributed by atoms with Crippen molar-refractivity contribution < 1.29 is 28.2 Å². The Balaban J connectivity index is 1.57. The molecule has 0 radical (unpaired) electrons. The lowest BCUT2D eigenvalue weighted by atomic mass is 10.0. The minimum atomic E-state index is -0.148. The number of rotatable bonds is 11. The van der Waals surface area contributed by atoms with Gasteiger partial charge in [-0.15, -0.1) is 0 Å². The minimum Gasteiger partial charge on any atom is -0.495 e. The Hall–Kier alpha value is -3.03. The van der Waals surface area contributed by atoms with Crippen LogP contribution in [0.15, 0.2) is 47.1 Å². The molecule has 1 fully saturated rings. The predicted molar refractivity (Wildman–Crippen MR) is 126 cm³/mol. The molecule has 0 atom stereocenters. The molecule has 0 bridgehead atoms. The second-order valence-electron chi connectivity index (χ2n) is 8.03. The number of carbonyl (C=O) groups is 1. The highest BCUT2D eigenvalue weighted by Crippen LogP contribution is 2.46. The highest BCUT2D eigenvalue weighted by Gasteiger charge is 2.27. The van der Waals surface area contributed by atoms with Crippen molar-refractivity contribution in [1.29, 1.82) is 0 Å². The van der Waals surface area contributed by atoms with E-state index < -0.39 is 0 Å². The molecule has 33 heavy (non-hydrogen) atoms. The summed E-state index contributed by atoms with van der Waals surface area (Å²) in [5.41, 5.74) is 2.16. The summed E-state index contributed by atoms with van der Waals surface area (Å²) in [6, 6.07) is 12.1. The second kappa shape index (κ2) is 11.2. The molecule has 176 valence electrons. The summed E-state index contributed by atoms with van der Waals surface area (Å²) < 4.78 is 29.2. The largest absolute Gasteiger partial charge is 0.495 e. The molecular weight excluding hydrogens is 422 g/mol. The number of fused-ring (bicyclic) bond motifs is 1. The molecule has 3 aromatic rings. The van der Waals surface area contributed by atoms with Crippen molar-refractivity contribution in [2.45, 2.75) is 19.8 Å². The molecule has 4 rings (SSSR count). The molecule has 0 unspecified atom stereocenters. The van der Waals surface area contributed by atoms with Crippen molar-refractivity contribution in [2.24, 2.45) is 0 Å². The lowest BCUT2D eigenvalue weighted by Crippen LogP contribution is -2.38. The summed E-state index contributed by atoms with van der Waals surface area (Å²) in [5, 5.41) is 0.696. The van der Waals surface area contributed by atoms with Crippen LogP contribution in [0.3, 0.4) is 0 Å². The average molecular weight is 454 g/mol. The van der Waals surface area contributed by atoms with Gasteiger partial charge in [-0.3, -0.25) is 9.69 Å². The zero-order chi connectivity index (χ0) is 23.0. The number of hydrogen-bond donors (Lipinski definition) is 0. The molecule has 2 heterocycles. The Kier molecular flexibility index (Phi) is 7.86. The zero-order valence-corrected chi connectivity index (χ0v) is 19.3. The summed E-state index contributed by atoms with van der Waals surface area (Å²) >= 11 is 0. The van der Waals surface area contributed by atoms with E-state index in [0.717, 1.165) is 45.7 Å². The highest BCUT2D eigenvalue weighted by molar-refractivity contribution is 6.08. The van der Waals surface area contributed by atoms with Gasteiger partial charge in [0.1, 0.15) is 17.9 Å². The molecule has 0 N–H and O–H groups in total. The number of furan rings is 1. The van der Waals surface area contributed by atoms with E-state index in [9.17, 15) is 4.79 Å². The number of Topliss-reactive ketones (excluding diaryl/α,β-unsaturated/α-hetero) is 1. The molecule has 0 saturated carbocycles. The maximum absolute atomic E-state index is 12.7. The summed E-state index contributed by atoms with van der Waals surface area (Å²) in [4.78, 5) is 14.9. The normalized spacial score (nSPS) is 14.4. The van der Waals surface area contributed by atoms with Crippen LogP contribution in [0.5, 0.6) is 17.2 Å². The second-order valence-corrected chi connectivity index (χ2v) is 8.03. The Labute approximate surface area is 194 Å². The van der Waals surface area contributed by atoms with E-state index in [1.165, 1.54) is 12.5 Å². The van der Waals surface area contributed by atoms with Crippen molar-refractivity contribution in [2.75, 3.05) is 53.2 Å². The van der Waals surface area contributed by atoms with E-state index in [4.69, 9.17) is 23.4 Å². The molecule has 0 spiro atoms. The van der Waals surface area contributed by atoms with Crippen molar-refractivity contribution in [3.8, 4) is 17.2 Å². The highest BCUT2D eigenvalue weighted by atomic mass is 16.5. The third kappa shape index (κ3) is 5.49. The van der Waals surface area contributed by atoms with Crippen LogP contribution in [-0.4, -0.2) is 63.9 Å². The van der Waals surface area contributed by atoms with E-state index in [-0.39, 0.29) is 5.78 Å². The number of ketones is 1. The van der Waals surface area contributed by atoms with Crippen LogP contribution >= 0.6 is 0 Å². The fourth-order valence-electron chi connectivity index (χ4n) is 4.12. The topological polar surface area (TPSA) is 70.4 Å². The molecule has 2 aromatic carbocycles. The SMILES string of the molecule is COc1c(C(C)=O)c(OCCN2CCOCC2)c(OCCCc2ccccc2)c2occc12. The van der Waals surface area contributed by atoms with Gasteiger partial charge in [0.2, 0.25) is 5.75 Å².